The minimum atomic E-state index is -0.448. The molecule has 9 heteroatoms. The Kier molecular flexibility index (Phi) is 4.54. The largest absolute Gasteiger partial charge is 0.355 e. The first-order valence-electron chi connectivity index (χ1n) is 8.28. The van der Waals surface area contributed by atoms with Crippen LogP contribution < -0.4 is 10.2 Å². The molecule has 2 aromatic heterocycles. The lowest BCUT2D eigenvalue weighted by Crippen LogP contribution is -2.38. The quantitative estimate of drug-likeness (QED) is 0.707. The molecule has 3 heterocycles. The second kappa shape index (κ2) is 6.99. The lowest BCUT2D eigenvalue weighted by Gasteiger charge is -2.32. The summed E-state index contributed by atoms with van der Waals surface area (Å²) in [5, 5.41) is 14.9. The Balaban J connectivity index is 1.38. The summed E-state index contributed by atoms with van der Waals surface area (Å²) in [4.78, 5) is 14.6. The summed E-state index contributed by atoms with van der Waals surface area (Å²) in [7, 11) is 0. The SMILES string of the molecule is O=C(Nc1ccc(Br)cc1F)C1CCN(c2ccc3nncn3n2)CC1. The number of hydrogen-bond donors (Lipinski definition) is 1. The van der Waals surface area contributed by atoms with E-state index in [9.17, 15) is 9.18 Å². The normalized spacial score (nSPS) is 15.4. The smallest absolute Gasteiger partial charge is 0.227 e. The van der Waals surface area contributed by atoms with Crippen LogP contribution in [0.4, 0.5) is 15.9 Å². The molecule has 1 saturated heterocycles. The number of nitrogens with zero attached hydrogens (tertiary/aromatic N) is 5. The molecular weight excluding hydrogens is 403 g/mol. The molecule has 1 N–H and O–H groups in total. The van der Waals surface area contributed by atoms with Gasteiger partial charge in [-0.2, -0.15) is 4.52 Å². The molecule has 0 unspecified atom stereocenters. The zero-order valence-corrected chi connectivity index (χ0v) is 15.4. The van der Waals surface area contributed by atoms with Crippen LogP contribution in [0.15, 0.2) is 41.1 Å². The fourth-order valence-electron chi connectivity index (χ4n) is 3.08. The number of aromatic nitrogens is 4. The Morgan fingerprint density at radius 2 is 2.04 bits per heavy atom. The van der Waals surface area contributed by atoms with Crippen molar-refractivity contribution >= 4 is 39.0 Å². The Labute approximate surface area is 157 Å². The van der Waals surface area contributed by atoms with Crippen molar-refractivity contribution in [1.29, 1.82) is 0 Å². The van der Waals surface area contributed by atoms with Crippen molar-refractivity contribution < 1.29 is 9.18 Å². The van der Waals surface area contributed by atoms with E-state index in [0.29, 0.717) is 36.1 Å². The first kappa shape index (κ1) is 16.9. The fraction of sp³-hybridized carbons (Fsp3) is 0.294. The van der Waals surface area contributed by atoms with Crippen LogP contribution in [0.3, 0.4) is 0 Å². The number of nitrogens with one attached hydrogen (secondary N) is 1. The van der Waals surface area contributed by atoms with Crippen molar-refractivity contribution in [2.75, 3.05) is 23.3 Å². The first-order chi connectivity index (χ1) is 12.6. The second-order valence-corrected chi connectivity index (χ2v) is 7.12. The van der Waals surface area contributed by atoms with E-state index in [2.05, 4.69) is 41.4 Å². The molecule has 0 atom stereocenters. The highest BCUT2D eigenvalue weighted by Crippen LogP contribution is 2.25. The van der Waals surface area contributed by atoms with Gasteiger partial charge in [-0.25, -0.2) is 4.39 Å². The van der Waals surface area contributed by atoms with Gasteiger partial charge in [0.1, 0.15) is 18.0 Å². The molecular formula is C17H16BrFN6O. The maximum absolute atomic E-state index is 13.9. The highest BCUT2D eigenvalue weighted by atomic mass is 79.9. The van der Waals surface area contributed by atoms with Gasteiger partial charge in [-0.1, -0.05) is 15.9 Å². The number of hydrogen-bond acceptors (Lipinski definition) is 5. The van der Waals surface area contributed by atoms with Gasteiger partial charge < -0.3 is 10.2 Å². The molecule has 1 aliphatic heterocycles. The van der Waals surface area contributed by atoms with Gasteiger partial charge in [0, 0.05) is 23.5 Å². The Bertz CT molecular complexity index is 953. The Morgan fingerprint density at radius 3 is 2.81 bits per heavy atom. The molecule has 4 rings (SSSR count). The van der Waals surface area contributed by atoms with Crippen molar-refractivity contribution in [1.82, 2.24) is 19.8 Å². The lowest BCUT2D eigenvalue weighted by atomic mass is 9.96. The van der Waals surface area contributed by atoms with Crippen molar-refractivity contribution in [2.45, 2.75) is 12.8 Å². The van der Waals surface area contributed by atoms with Gasteiger partial charge in [0.15, 0.2) is 5.65 Å². The standard InChI is InChI=1S/C17H16BrFN6O/c18-12-1-2-14(13(19)9-12)21-17(26)11-5-7-24(8-6-11)16-4-3-15-22-20-10-25(15)23-16/h1-4,9-11H,5-8H2,(H,21,26). The van der Waals surface area contributed by atoms with Crippen LogP contribution in [0.25, 0.3) is 5.65 Å². The summed E-state index contributed by atoms with van der Waals surface area (Å²) in [5.74, 6) is 0.0905. The molecule has 0 radical (unpaired) electrons. The van der Waals surface area contributed by atoms with Crippen LogP contribution in [0.5, 0.6) is 0 Å². The number of halogens is 2. The zero-order chi connectivity index (χ0) is 18.1. The summed E-state index contributed by atoms with van der Waals surface area (Å²) >= 11 is 3.21. The van der Waals surface area contributed by atoms with Crippen LogP contribution in [-0.2, 0) is 4.79 Å². The van der Waals surface area contributed by atoms with E-state index in [1.54, 1.807) is 23.0 Å². The van der Waals surface area contributed by atoms with E-state index in [1.165, 1.54) is 6.07 Å². The van der Waals surface area contributed by atoms with Gasteiger partial charge in [-0.3, -0.25) is 4.79 Å². The predicted octanol–water partition coefficient (Wildman–Crippen LogP) is 2.88. The maximum atomic E-state index is 13.9. The van der Waals surface area contributed by atoms with E-state index in [0.717, 1.165) is 5.82 Å². The molecule has 3 aromatic rings. The summed E-state index contributed by atoms with van der Waals surface area (Å²) in [6.45, 7) is 1.42. The van der Waals surface area contributed by atoms with Gasteiger partial charge in [-0.05, 0) is 43.2 Å². The second-order valence-electron chi connectivity index (χ2n) is 6.20. The van der Waals surface area contributed by atoms with E-state index >= 15 is 0 Å². The van der Waals surface area contributed by atoms with Crippen molar-refractivity contribution in [3.8, 4) is 0 Å². The molecule has 26 heavy (non-hydrogen) atoms. The van der Waals surface area contributed by atoms with E-state index in [4.69, 9.17) is 0 Å². The van der Waals surface area contributed by atoms with Gasteiger partial charge in [0.25, 0.3) is 0 Å². The van der Waals surface area contributed by atoms with Crippen LogP contribution in [0, 0.1) is 11.7 Å². The molecule has 0 saturated carbocycles. The Morgan fingerprint density at radius 1 is 1.23 bits per heavy atom. The molecule has 1 fully saturated rings. The summed E-state index contributed by atoms with van der Waals surface area (Å²) in [6.07, 6.45) is 2.93. The molecule has 1 aliphatic rings. The van der Waals surface area contributed by atoms with E-state index in [-0.39, 0.29) is 17.5 Å². The molecule has 0 aliphatic carbocycles. The van der Waals surface area contributed by atoms with Crippen molar-refractivity contribution in [3.05, 3.63) is 46.9 Å². The minimum absolute atomic E-state index is 0.145. The number of carbonyl (C=O) groups excluding carboxylic acids is 1. The molecule has 134 valence electrons. The topological polar surface area (TPSA) is 75.4 Å². The zero-order valence-electron chi connectivity index (χ0n) is 13.8. The number of piperidine rings is 1. The number of amides is 1. The van der Waals surface area contributed by atoms with Crippen LogP contribution >= 0.6 is 15.9 Å². The van der Waals surface area contributed by atoms with Crippen molar-refractivity contribution in [2.24, 2.45) is 5.92 Å². The number of carbonyl (C=O) groups is 1. The highest BCUT2D eigenvalue weighted by Gasteiger charge is 2.26. The fourth-order valence-corrected chi connectivity index (χ4v) is 3.42. The summed E-state index contributed by atoms with van der Waals surface area (Å²) in [5.41, 5.74) is 0.903. The number of fused-ring (bicyclic) bond motifs is 1. The predicted molar refractivity (Wildman–Crippen MR) is 98.4 cm³/mol. The average Bonchev–Trinajstić information content (AvgIpc) is 3.12. The number of benzene rings is 1. The molecule has 1 amide bonds. The van der Waals surface area contributed by atoms with E-state index in [1.807, 2.05) is 12.1 Å². The Hall–Kier alpha value is -2.55. The van der Waals surface area contributed by atoms with E-state index < -0.39 is 5.82 Å². The lowest BCUT2D eigenvalue weighted by molar-refractivity contribution is -0.120. The number of rotatable bonds is 3. The highest BCUT2D eigenvalue weighted by molar-refractivity contribution is 9.10. The van der Waals surface area contributed by atoms with Gasteiger partial charge in [0.2, 0.25) is 5.91 Å². The minimum Gasteiger partial charge on any atom is -0.355 e. The maximum Gasteiger partial charge on any atom is 0.227 e. The molecule has 7 nitrogen and oxygen atoms in total. The number of anilines is 2. The van der Waals surface area contributed by atoms with Gasteiger partial charge >= 0.3 is 0 Å². The molecule has 0 bridgehead atoms. The van der Waals surface area contributed by atoms with Gasteiger partial charge in [0.05, 0.1) is 5.69 Å². The van der Waals surface area contributed by atoms with Crippen molar-refractivity contribution in [3.63, 3.8) is 0 Å². The van der Waals surface area contributed by atoms with Crippen LogP contribution in [0.2, 0.25) is 0 Å². The summed E-state index contributed by atoms with van der Waals surface area (Å²) in [6, 6.07) is 8.37. The average molecular weight is 419 g/mol. The molecule has 1 aromatic carbocycles. The van der Waals surface area contributed by atoms with Crippen LogP contribution in [0.1, 0.15) is 12.8 Å². The van der Waals surface area contributed by atoms with Gasteiger partial charge in [-0.15, -0.1) is 15.3 Å². The first-order valence-corrected chi connectivity index (χ1v) is 9.07. The third-order valence-corrected chi connectivity index (χ3v) is 5.02. The molecule has 0 spiro atoms. The third kappa shape index (κ3) is 3.39. The third-order valence-electron chi connectivity index (χ3n) is 4.53. The van der Waals surface area contributed by atoms with Crippen LogP contribution in [-0.4, -0.2) is 38.8 Å². The monoisotopic (exact) mass is 418 g/mol. The summed E-state index contributed by atoms with van der Waals surface area (Å²) < 4.78 is 16.2.